The molecule has 4 aliphatic rings. The van der Waals surface area contributed by atoms with Gasteiger partial charge in [0.1, 0.15) is 17.7 Å². The second-order valence-electron chi connectivity index (χ2n) is 16.4. The SMILES string of the molecule is COC(=O)N[C@H]1CCCCOCc2[nH]c(nc2-c2ccc(-c3ccc(-c4cnc([C@@H]5CC6(CC6)CN5C(=O)[C@@H](C)C(C)C)[nH]4)cc3)cc2)[C@@H]2CCCN2C1=O.S.S.S.S. The first-order valence-electron chi connectivity index (χ1n) is 20.0. The molecule has 59 heavy (non-hydrogen) atoms. The first kappa shape index (κ1) is 48.1. The minimum atomic E-state index is -0.658. The Balaban J connectivity index is 0.00000192. The minimum Gasteiger partial charge on any atom is -0.453 e. The summed E-state index contributed by atoms with van der Waals surface area (Å²) in [5.74, 6) is 2.04. The Labute approximate surface area is 375 Å². The molecule has 322 valence electrons. The molecular weight excluding hydrogens is 823 g/mol. The van der Waals surface area contributed by atoms with Crippen LogP contribution in [0.3, 0.4) is 0 Å². The molecule has 12 nitrogen and oxygen atoms in total. The molecule has 4 aromatic rings. The third kappa shape index (κ3) is 10.1. The molecule has 3 amide bonds. The number of imidazole rings is 2. The number of hydrogen-bond donors (Lipinski definition) is 3. The van der Waals surface area contributed by atoms with E-state index < -0.39 is 12.1 Å². The molecule has 2 aromatic carbocycles. The van der Waals surface area contributed by atoms with Gasteiger partial charge in [0.05, 0.1) is 49.1 Å². The zero-order valence-electron chi connectivity index (χ0n) is 34.4. The molecule has 1 aliphatic carbocycles. The van der Waals surface area contributed by atoms with Crippen molar-refractivity contribution in [2.24, 2.45) is 17.3 Å². The van der Waals surface area contributed by atoms with Gasteiger partial charge >= 0.3 is 6.09 Å². The van der Waals surface area contributed by atoms with Gasteiger partial charge in [-0.1, -0.05) is 69.3 Å². The van der Waals surface area contributed by atoms with Crippen LogP contribution in [0.5, 0.6) is 0 Å². The largest absolute Gasteiger partial charge is 0.453 e. The molecule has 1 saturated carbocycles. The highest BCUT2D eigenvalue weighted by Gasteiger charge is 2.54. The first-order chi connectivity index (χ1) is 26.6. The van der Waals surface area contributed by atoms with Crippen LogP contribution in [0.2, 0.25) is 0 Å². The number of aromatic amines is 2. The summed E-state index contributed by atoms with van der Waals surface area (Å²) in [5.41, 5.74) is 7.13. The van der Waals surface area contributed by atoms with Gasteiger partial charge in [-0.2, -0.15) is 54.0 Å². The van der Waals surface area contributed by atoms with Gasteiger partial charge in [-0.05, 0) is 79.4 Å². The van der Waals surface area contributed by atoms with Crippen LogP contribution >= 0.6 is 54.0 Å². The Bertz CT molecular complexity index is 2040. The molecule has 8 rings (SSSR count). The molecule has 2 saturated heterocycles. The lowest BCUT2D eigenvalue weighted by atomic mass is 9.96. The average molecular weight is 884 g/mol. The molecule has 16 heteroatoms. The van der Waals surface area contributed by atoms with Crippen LogP contribution < -0.4 is 5.32 Å². The van der Waals surface area contributed by atoms with Crippen LogP contribution in [0, 0.1) is 17.3 Å². The summed E-state index contributed by atoms with van der Waals surface area (Å²) >= 11 is 0. The van der Waals surface area contributed by atoms with E-state index in [1.54, 1.807) is 0 Å². The first-order valence-corrected chi connectivity index (χ1v) is 20.0. The van der Waals surface area contributed by atoms with Gasteiger partial charge in [0.2, 0.25) is 11.8 Å². The summed E-state index contributed by atoms with van der Waals surface area (Å²) in [5, 5.41) is 2.75. The number of amides is 3. The fraction of sp³-hybridized carbons (Fsp3) is 0.512. The number of rotatable bonds is 7. The standard InChI is InChI=1S/C43H53N7O5.4H2S/c1-26(2)27(3)40(51)50-25-43(18-19-43)22-36(50)38-44-23-33(45-38)30-14-10-28(11-15-30)29-12-16-31(17-13-29)37-34-24-55-21-6-5-8-32(47-42(53)54-4)41(52)49-20-7-9-35(49)39(46-34)48-37;;;;/h10-17,23,26-27,32,35-36H,5-9,18-22,24-25H2,1-4H3,(H,44,45)(H,46,48)(H,47,53);4*1H2/t27-,32-,35-,36-;;;;/m0..../s1. The average Bonchev–Trinajstić information content (AvgIpc) is 3.69. The van der Waals surface area contributed by atoms with Crippen molar-refractivity contribution in [2.45, 2.75) is 96.9 Å². The van der Waals surface area contributed by atoms with E-state index in [4.69, 9.17) is 19.4 Å². The molecule has 2 bridgehead atoms. The Kier molecular flexibility index (Phi) is 16.6. The molecule has 3 aliphatic heterocycles. The lowest BCUT2D eigenvalue weighted by Gasteiger charge is -2.28. The van der Waals surface area contributed by atoms with Crippen molar-refractivity contribution in [3.8, 4) is 33.6 Å². The highest BCUT2D eigenvalue weighted by Crippen LogP contribution is 2.58. The number of carbonyl (C=O) groups is 3. The van der Waals surface area contributed by atoms with Crippen LogP contribution in [0.1, 0.15) is 102 Å². The van der Waals surface area contributed by atoms with Crippen molar-refractivity contribution in [2.75, 3.05) is 26.8 Å². The fourth-order valence-corrected chi connectivity index (χ4v) is 8.56. The Morgan fingerprint density at radius 1 is 0.864 bits per heavy atom. The van der Waals surface area contributed by atoms with Gasteiger partial charge < -0.3 is 34.6 Å². The number of benzene rings is 2. The predicted octanol–water partition coefficient (Wildman–Crippen LogP) is 8.02. The Morgan fingerprint density at radius 2 is 1.53 bits per heavy atom. The van der Waals surface area contributed by atoms with Gasteiger partial charge in [-0.25, -0.2) is 14.8 Å². The minimum absolute atomic E-state index is 0. The van der Waals surface area contributed by atoms with Crippen LogP contribution in [0.25, 0.3) is 33.6 Å². The summed E-state index contributed by atoms with van der Waals surface area (Å²) in [7, 11) is 1.31. The zero-order valence-corrected chi connectivity index (χ0v) is 38.4. The van der Waals surface area contributed by atoms with Gasteiger partial charge in [-0.15, -0.1) is 0 Å². The van der Waals surface area contributed by atoms with E-state index in [9.17, 15) is 14.4 Å². The number of nitrogens with one attached hydrogen (secondary N) is 3. The number of aromatic nitrogens is 4. The molecular formula is C43H61N7O5S4. The number of nitrogens with zero attached hydrogens (tertiary/aromatic N) is 4. The van der Waals surface area contributed by atoms with E-state index in [1.165, 1.54) is 20.0 Å². The number of likely N-dealkylation sites (tertiary alicyclic amines) is 1. The van der Waals surface area contributed by atoms with Gasteiger partial charge in [-0.3, -0.25) is 9.59 Å². The molecule has 5 heterocycles. The smallest absolute Gasteiger partial charge is 0.407 e. The highest BCUT2D eigenvalue weighted by atomic mass is 32.1. The summed E-state index contributed by atoms with van der Waals surface area (Å²) in [4.78, 5) is 60.3. The number of ether oxygens (including phenoxy) is 2. The number of methoxy groups -OCH3 is 1. The van der Waals surface area contributed by atoms with Crippen LogP contribution in [0.15, 0.2) is 54.7 Å². The van der Waals surface area contributed by atoms with Crippen molar-refractivity contribution in [3.05, 3.63) is 72.1 Å². The molecule has 3 fully saturated rings. The maximum atomic E-state index is 13.7. The van der Waals surface area contributed by atoms with Crippen LogP contribution in [-0.4, -0.2) is 80.5 Å². The number of fused-ring (bicyclic) bond motifs is 4. The number of H-pyrrole nitrogens is 2. The van der Waals surface area contributed by atoms with Crippen molar-refractivity contribution < 1.29 is 23.9 Å². The number of alkyl carbamates (subject to hydrolysis) is 1. The summed E-state index contributed by atoms with van der Waals surface area (Å²) in [6, 6.07) is 16.0. The van der Waals surface area contributed by atoms with Gasteiger partial charge in [0.25, 0.3) is 0 Å². The molecule has 1 spiro atoms. The molecule has 2 aromatic heterocycles. The topological polar surface area (TPSA) is 146 Å². The third-order valence-electron chi connectivity index (χ3n) is 12.4. The van der Waals surface area contributed by atoms with Crippen molar-refractivity contribution in [1.82, 2.24) is 35.1 Å². The third-order valence-corrected chi connectivity index (χ3v) is 12.4. The van der Waals surface area contributed by atoms with Crippen LogP contribution in [0.4, 0.5) is 4.79 Å². The Morgan fingerprint density at radius 3 is 2.17 bits per heavy atom. The van der Waals surface area contributed by atoms with Gasteiger partial charge in [0.15, 0.2) is 0 Å². The second-order valence-corrected chi connectivity index (χ2v) is 16.4. The molecule has 4 atom stereocenters. The van der Waals surface area contributed by atoms with E-state index >= 15 is 0 Å². The quantitative estimate of drug-likeness (QED) is 0.171. The van der Waals surface area contributed by atoms with Crippen molar-refractivity contribution in [3.63, 3.8) is 0 Å². The van der Waals surface area contributed by atoms with E-state index in [0.29, 0.717) is 32.1 Å². The maximum absolute atomic E-state index is 13.7. The normalized spacial score (nSPS) is 21.3. The second kappa shape index (κ2) is 20.3. The van der Waals surface area contributed by atoms with Crippen molar-refractivity contribution >= 4 is 71.9 Å². The zero-order chi connectivity index (χ0) is 38.3. The number of hydrogen-bond acceptors (Lipinski definition) is 7. The molecule has 0 unspecified atom stereocenters. The predicted molar refractivity (Wildman–Crippen MR) is 250 cm³/mol. The van der Waals surface area contributed by atoms with E-state index in [-0.39, 0.29) is 89.2 Å². The maximum Gasteiger partial charge on any atom is 0.407 e. The summed E-state index contributed by atoms with van der Waals surface area (Å²) < 4.78 is 10.9. The van der Waals surface area contributed by atoms with Crippen molar-refractivity contribution in [1.29, 1.82) is 0 Å². The fourth-order valence-electron chi connectivity index (χ4n) is 8.56. The lowest BCUT2D eigenvalue weighted by Crippen LogP contribution is -2.48. The summed E-state index contributed by atoms with van der Waals surface area (Å²) in [6.07, 6.45) is 8.33. The lowest BCUT2D eigenvalue weighted by molar-refractivity contribution is -0.137. The molecule has 0 radical (unpaired) electrons. The van der Waals surface area contributed by atoms with E-state index in [0.717, 1.165) is 89.6 Å². The monoisotopic (exact) mass is 883 g/mol. The molecule has 3 N–H and O–H groups in total. The van der Waals surface area contributed by atoms with Gasteiger partial charge in [0, 0.05) is 31.2 Å². The number of carbonyl (C=O) groups excluding carboxylic acids is 3. The van der Waals surface area contributed by atoms with E-state index in [1.807, 2.05) is 18.0 Å². The van der Waals surface area contributed by atoms with E-state index in [2.05, 4.69) is 82.6 Å². The Hall–Kier alpha value is -3.57. The van der Waals surface area contributed by atoms with Crippen LogP contribution in [-0.2, 0) is 25.7 Å². The highest BCUT2D eigenvalue weighted by molar-refractivity contribution is 7.59. The summed E-state index contributed by atoms with van der Waals surface area (Å²) in [6.45, 7) is 8.66.